The summed E-state index contributed by atoms with van der Waals surface area (Å²) >= 11 is 0. The maximum absolute atomic E-state index is 13.7. The van der Waals surface area contributed by atoms with E-state index >= 15 is 0 Å². The van der Waals surface area contributed by atoms with E-state index in [2.05, 4.69) is 35.1 Å². The minimum atomic E-state index is -0.247. The first-order valence-corrected chi connectivity index (χ1v) is 11.3. The van der Waals surface area contributed by atoms with Crippen LogP contribution in [0.2, 0.25) is 0 Å². The van der Waals surface area contributed by atoms with Crippen molar-refractivity contribution in [2.24, 2.45) is 0 Å². The summed E-state index contributed by atoms with van der Waals surface area (Å²) in [5.74, 6) is -0.152. The van der Waals surface area contributed by atoms with Gasteiger partial charge in [0.05, 0.1) is 18.9 Å². The third-order valence-electron chi connectivity index (χ3n) is 6.62. The number of likely N-dealkylation sites (N-methyl/N-ethyl adjacent to an activating group) is 1. The number of amides is 1. The van der Waals surface area contributed by atoms with E-state index in [1.165, 1.54) is 12.1 Å². The molecule has 4 rings (SSSR count). The van der Waals surface area contributed by atoms with E-state index in [0.29, 0.717) is 19.8 Å². The first-order chi connectivity index (χ1) is 15.0. The zero-order valence-corrected chi connectivity index (χ0v) is 18.9. The highest BCUT2D eigenvalue weighted by molar-refractivity contribution is 5.96. The molecule has 0 saturated carbocycles. The van der Waals surface area contributed by atoms with Crippen LogP contribution < -0.4 is 4.90 Å². The number of carbonyl (C=O) groups is 1. The van der Waals surface area contributed by atoms with E-state index in [9.17, 15) is 9.18 Å². The van der Waals surface area contributed by atoms with Crippen molar-refractivity contribution in [2.45, 2.75) is 27.3 Å². The number of hydrogen-bond acceptors (Lipinski definition) is 4. The zero-order valence-electron chi connectivity index (χ0n) is 18.9. The highest BCUT2D eigenvalue weighted by Crippen LogP contribution is 2.33. The fraction of sp³-hybridized carbons (Fsp3) is 0.542. The lowest BCUT2D eigenvalue weighted by molar-refractivity contribution is 0.0632. The topological polar surface area (TPSA) is 40.9 Å². The van der Waals surface area contributed by atoms with Gasteiger partial charge in [-0.1, -0.05) is 19.1 Å². The van der Waals surface area contributed by atoms with Crippen molar-refractivity contribution in [3.05, 3.63) is 52.6 Å². The van der Waals surface area contributed by atoms with Gasteiger partial charge in [0, 0.05) is 57.1 Å². The lowest BCUT2D eigenvalue weighted by Gasteiger charge is -2.34. The Labute approximate surface area is 184 Å². The third kappa shape index (κ3) is 4.48. The van der Waals surface area contributed by atoms with E-state index in [1.807, 2.05) is 4.90 Å². The molecular formula is C24H33FN4O2. The smallest absolute Gasteiger partial charge is 0.270 e. The molecule has 7 heteroatoms. The van der Waals surface area contributed by atoms with E-state index < -0.39 is 0 Å². The normalized spacial score (nSPS) is 17.9. The average molecular weight is 429 g/mol. The first kappa shape index (κ1) is 21.8. The molecule has 2 aromatic rings. The molecule has 6 nitrogen and oxygen atoms in total. The number of morpholine rings is 1. The highest BCUT2D eigenvalue weighted by Gasteiger charge is 2.30. The largest absolute Gasteiger partial charge is 0.378 e. The molecule has 1 amide bonds. The molecule has 0 bridgehead atoms. The predicted molar refractivity (Wildman–Crippen MR) is 120 cm³/mol. The maximum atomic E-state index is 13.7. The van der Waals surface area contributed by atoms with Crippen LogP contribution in [-0.4, -0.2) is 79.3 Å². The predicted octanol–water partition coefficient (Wildman–Crippen LogP) is 2.91. The molecule has 2 aliphatic rings. The molecule has 0 spiro atoms. The van der Waals surface area contributed by atoms with Gasteiger partial charge in [-0.25, -0.2) is 4.39 Å². The van der Waals surface area contributed by atoms with E-state index in [1.54, 1.807) is 12.1 Å². The monoisotopic (exact) mass is 428 g/mol. The summed E-state index contributed by atoms with van der Waals surface area (Å²) < 4.78 is 21.1. The van der Waals surface area contributed by atoms with Crippen molar-refractivity contribution in [3.8, 4) is 0 Å². The average Bonchev–Trinajstić information content (AvgIpc) is 3.04. The molecule has 0 radical (unpaired) electrons. The Bertz CT molecular complexity index is 911. The Balaban J connectivity index is 1.70. The van der Waals surface area contributed by atoms with Crippen LogP contribution in [0.25, 0.3) is 0 Å². The van der Waals surface area contributed by atoms with Crippen LogP contribution in [-0.2, 0) is 11.3 Å². The van der Waals surface area contributed by atoms with Crippen molar-refractivity contribution in [1.82, 2.24) is 14.4 Å². The maximum Gasteiger partial charge on any atom is 0.270 e. The van der Waals surface area contributed by atoms with Crippen molar-refractivity contribution in [1.29, 1.82) is 0 Å². The quantitative estimate of drug-likeness (QED) is 0.734. The van der Waals surface area contributed by atoms with Crippen LogP contribution >= 0.6 is 0 Å². The summed E-state index contributed by atoms with van der Waals surface area (Å²) in [5.41, 5.74) is 5.00. The molecule has 0 atom stereocenters. The Morgan fingerprint density at radius 1 is 1.00 bits per heavy atom. The van der Waals surface area contributed by atoms with Gasteiger partial charge in [0.1, 0.15) is 11.5 Å². The van der Waals surface area contributed by atoms with Gasteiger partial charge in [0.2, 0.25) is 0 Å². The molecule has 2 saturated heterocycles. The van der Waals surface area contributed by atoms with Crippen molar-refractivity contribution in [2.75, 3.05) is 63.9 Å². The lowest BCUT2D eigenvalue weighted by Crippen LogP contribution is -2.49. The second-order valence-electron chi connectivity index (χ2n) is 8.45. The van der Waals surface area contributed by atoms with Crippen molar-refractivity contribution >= 4 is 11.6 Å². The minimum absolute atomic E-state index is 0.0953. The fourth-order valence-electron chi connectivity index (χ4n) is 4.80. The summed E-state index contributed by atoms with van der Waals surface area (Å²) in [6, 6.07) is 6.56. The van der Waals surface area contributed by atoms with Crippen LogP contribution in [0, 0.1) is 19.7 Å². The molecule has 168 valence electrons. The number of rotatable bonds is 5. The molecule has 1 aromatic carbocycles. The zero-order chi connectivity index (χ0) is 22.0. The van der Waals surface area contributed by atoms with Crippen LogP contribution in [0.1, 0.15) is 34.2 Å². The summed E-state index contributed by atoms with van der Waals surface area (Å²) in [6.45, 7) is 14.2. The number of benzene rings is 1. The van der Waals surface area contributed by atoms with E-state index in [-0.39, 0.29) is 11.7 Å². The van der Waals surface area contributed by atoms with E-state index in [0.717, 1.165) is 74.0 Å². The molecule has 0 N–H and O–H groups in total. The van der Waals surface area contributed by atoms with Gasteiger partial charge in [-0.3, -0.25) is 4.79 Å². The van der Waals surface area contributed by atoms with Gasteiger partial charge in [-0.2, -0.15) is 0 Å². The van der Waals surface area contributed by atoms with Gasteiger partial charge < -0.3 is 24.0 Å². The second-order valence-corrected chi connectivity index (χ2v) is 8.45. The van der Waals surface area contributed by atoms with Crippen LogP contribution in [0.4, 0.5) is 10.1 Å². The number of halogens is 1. The van der Waals surface area contributed by atoms with Crippen LogP contribution in [0.15, 0.2) is 24.3 Å². The van der Waals surface area contributed by atoms with Gasteiger partial charge in [0.25, 0.3) is 5.91 Å². The third-order valence-corrected chi connectivity index (χ3v) is 6.62. The Kier molecular flexibility index (Phi) is 6.62. The first-order valence-electron chi connectivity index (χ1n) is 11.3. The summed E-state index contributed by atoms with van der Waals surface area (Å²) in [5, 5.41) is 0. The minimum Gasteiger partial charge on any atom is -0.378 e. The Morgan fingerprint density at radius 3 is 2.26 bits per heavy atom. The Hall–Kier alpha value is -2.38. The number of anilines is 1. The molecule has 2 aliphatic heterocycles. The number of piperazine rings is 1. The van der Waals surface area contributed by atoms with Crippen LogP contribution in [0.5, 0.6) is 0 Å². The van der Waals surface area contributed by atoms with E-state index in [4.69, 9.17) is 4.74 Å². The van der Waals surface area contributed by atoms with Crippen LogP contribution in [0.3, 0.4) is 0 Å². The number of carbonyl (C=O) groups excluding carboxylic acids is 1. The number of ether oxygens (including phenoxy) is 1. The van der Waals surface area contributed by atoms with Gasteiger partial charge in [0.15, 0.2) is 0 Å². The van der Waals surface area contributed by atoms with Crippen molar-refractivity contribution in [3.63, 3.8) is 0 Å². The SMILES string of the molecule is CCN1CCN(C(=O)c2c(C)c(N3CCOCC3)c(C)n2Cc2ccc(F)cc2)CC1. The molecule has 2 fully saturated rings. The number of aromatic nitrogens is 1. The molecule has 1 aromatic heterocycles. The summed E-state index contributed by atoms with van der Waals surface area (Å²) in [4.78, 5) is 20.4. The van der Waals surface area contributed by atoms with Gasteiger partial charge in [-0.15, -0.1) is 0 Å². The second kappa shape index (κ2) is 9.40. The molecule has 3 heterocycles. The number of nitrogens with zero attached hydrogens (tertiary/aromatic N) is 4. The lowest BCUT2D eigenvalue weighted by atomic mass is 10.1. The highest BCUT2D eigenvalue weighted by atomic mass is 19.1. The van der Waals surface area contributed by atoms with Gasteiger partial charge in [-0.05, 0) is 38.1 Å². The molecule has 0 unspecified atom stereocenters. The van der Waals surface area contributed by atoms with Crippen molar-refractivity contribution < 1.29 is 13.9 Å². The van der Waals surface area contributed by atoms with Gasteiger partial charge >= 0.3 is 0 Å². The standard InChI is InChI=1S/C24H33FN4O2/c1-4-26-9-11-28(12-10-26)24(30)23-18(2)22(27-13-15-31-16-14-27)19(3)29(23)17-20-5-7-21(25)8-6-20/h5-8H,4,9-17H2,1-3H3. The number of hydrogen-bond donors (Lipinski definition) is 0. The summed E-state index contributed by atoms with van der Waals surface area (Å²) in [7, 11) is 0. The summed E-state index contributed by atoms with van der Waals surface area (Å²) in [6.07, 6.45) is 0. The molecule has 31 heavy (non-hydrogen) atoms. The molecular weight excluding hydrogens is 395 g/mol. The molecule has 0 aliphatic carbocycles. The Morgan fingerprint density at radius 2 is 1.65 bits per heavy atom. The fourth-order valence-corrected chi connectivity index (χ4v) is 4.80.